The lowest BCUT2D eigenvalue weighted by molar-refractivity contribution is -0.104. The first-order chi connectivity index (χ1) is 12.2. The van der Waals surface area contributed by atoms with Gasteiger partial charge in [-0.25, -0.2) is 4.99 Å². The number of allylic oxidation sites excluding steroid dienone is 2. The van der Waals surface area contributed by atoms with Gasteiger partial charge in [0.2, 0.25) is 0 Å². The van der Waals surface area contributed by atoms with Crippen molar-refractivity contribution in [3.05, 3.63) is 74.1 Å². The molecular formula is C20H16N2OS2. The SMILES string of the molecule is CC1=C(C=O)/C(=C\c2cc(C)c(-c3cccs3)[nH]2)N=C1c1cccs1. The first-order valence-electron chi connectivity index (χ1n) is 7.92. The molecule has 1 aliphatic heterocycles. The second kappa shape index (κ2) is 6.43. The van der Waals surface area contributed by atoms with Crippen molar-refractivity contribution in [3.63, 3.8) is 0 Å². The van der Waals surface area contributed by atoms with E-state index in [9.17, 15) is 4.79 Å². The summed E-state index contributed by atoms with van der Waals surface area (Å²) in [4.78, 5) is 22.1. The zero-order chi connectivity index (χ0) is 17.4. The standard InChI is InChI=1S/C20H16N2OS2/c1-12-9-14(21-19(12)17-5-3-7-24-17)10-16-15(11-23)13(2)20(22-16)18-6-4-8-25-18/h3-11,21H,1-2H3/b16-10+. The molecule has 4 heterocycles. The van der Waals surface area contributed by atoms with Crippen LogP contribution in [-0.2, 0) is 4.79 Å². The number of H-pyrrole nitrogens is 1. The molecule has 0 aromatic carbocycles. The Kier molecular flexibility index (Phi) is 4.11. The van der Waals surface area contributed by atoms with E-state index in [0.717, 1.165) is 39.5 Å². The molecule has 25 heavy (non-hydrogen) atoms. The van der Waals surface area contributed by atoms with E-state index >= 15 is 0 Å². The van der Waals surface area contributed by atoms with Crippen molar-refractivity contribution < 1.29 is 4.79 Å². The molecule has 5 heteroatoms. The van der Waals surface area contributed by atoms with E-state index in [1.807, 2.05) is 36.6 Å². The van der Waals surface area contributed by atoms with Gasteiger partial charge in [-0.3, -0.25) is 4.79 Å². The third-order valence-corrected chi connectivity index (χ3v) is 6.00. The van der Waals surface area contributed by atoms with Crippen molar-refractivity contribution in [1.29, 1.82) is 0 Å². The molecule has 0 atom stereocenters. The van der Waals surface area contributed by atoms with Crippen LogP contribution in [0.4, 0.5) is 0 Å². The number of thiophene rings is 2. The molecule has 0 aliphatic carbocycles. The lowest BCUT2D eigenvalue weighted by atomic mass is 10.1. The van der Waals surface area contributed by atoms with E-state index in [0.29, 0.717) is 5.57 Å². The Bertz CT molecular complexity index is 1020. The highest BCUT2D eigenvalue weighted by Gasteiger charge is 2.22. The largest absolute Gasteiger partial charge is 0.354 e. The maximum atomic E-state index is 11.6. The third-order valence-electron chi connectivity index (χ3n) is 4.24. The Hall–Kier alpha value is -2.50. The molecule has 0 amide bonds. The average Bonchev–Trinajstić information content (AvgIpc) is 3.35. The molecule has 0 fully saturated rings. The summed E-state index contributed by atoms with van der Waals surface area (Å²) < 4.78 is 0. The summed E-state index contributed by atoms with van der Waals surface area (Å²) in [5.74, 6) is 0. The fourth-order valence-electron chi connectivity index (χ4n) is 2.98. The molecule has 0 unspecified atom stereocenters. The predicted molar refractivity (Wildman–Crippen MR) is 106 cm³/mol. The Balaban J connectivity index is 1.76. The summed E-state index contributed by atoms with van der Waals surface area (Å²) in [6.07, 6.45) is 2.86. The number of hydrogen-bond donors (Lipinski definition) is 1. The lowest BCUT2D eigenvalue weighted by Crippen LogP contribution is -1.97. The predicted octanol–water partition coefficient (Wildman–Crippen LogP) is 5.47. The van der Waals surface area contributed by atoms with Crippen LogP contribution in [0.3, 0.4) is 0 Å². The number of nitrogens with zero attached hydrogens (tertiary/aromatic N) is 1. The minimum Gasteiger partial charge on any atom is -0.354 e. The second-order valence-corrected chi connectivity index (χ2v) is 7.78. The first-order valence-corrected chi connectivity index (χ1v) is 9.68. The normalized spacial score (nSPS) is 15.9. The zero-order valence-corrected chi connectivity index (χ0v) is 15.5. The van der Waals surface area contributed by atoms with Gasteiger partial charge in [0.1, 0.15) is 0 Å². The van der Waals surface area contributed by atoms with Crippen molar-refractivity contribution in [2.75, 3.05) is 0 Å². The van der Waals surface area contributed by atoms with Crippen molar-refractivity contribution in [1.82, 2.24) is 4.98 Å². The molecule has 124 valence electrons. The topological polar surface area (TPSA) is 45.2 Å². The number of rotatable bonds is 4. The average molecular weight is 364 g/mol. The molecule has 0 saturated heterocycles. The quantitative estimate of drug-likeness (QED) is 0.613. The number of aromatic amines is 1. The highest BCUT2D eigenvalue weighted by Crippen LogP contribution is 2.32. The third kappa shape index (κ3) is 2.86. The highest BCUT2D eigenvalue weighted by molar-refractivity contribution is 7.13. The van der Waals surface area contributed by atoms with Gasteiger partial charge < -0.3 is 4.98 Å². The summed E-state index contributed by atoms with van der Waals surface area (Å²) in [5, 5.41) is 4.09. The first kappa shape index (κ1) is 16.0. The number of aliphatic imine (C=N–C) groups is 1. The van der Waals surface area contributed by atoms with E-state index < -0.39 is 0 Å². The van der Waals surface area contributed by atoms with Gasteiger partial charge in [-0.1, -0.05) is 12.1 Å². The highest BCUT2D eigenvalue weighted by atomic mass is 32.1. The van der Waals surface area contributed by atoms with Crippen LogP contribution in [0.5, 0.6) is 0 Å². The van der Waals surface area contributed by atoms with Gasteiger partial charge in [-0.15, -0.1) is 22.7 Å². The van der Waals surface area contributed by atoms with Crippen LogP contribution in [-0.4, -0.2) is 17.0 Å². The van der Waals surface area contributed by atoms with Gasteiger partial charge in [-0.2, -0.15) is 0 Å². The van der Waals surface area contributed by atoms with Crippen molar-refractivity contribution >= 4 is 40.7 Å². The van der Waals surface area contributed by atoms with Crippen LogP contribution in [0.25, 0.3) is 16.6 Å². The van der Waals surface area contributed by atoms with E-state index in [-0.39, 0.29) is 0 Å². The van der Waals surface area contributed by atoms with Gasteiger partial charge in [-0.05, 0) is 60.0 Å². The molecule has 0 radical (unpaired) electrons. The number of carbonyl (C=O) groups is 1. The second-order valence-electron chi connectivity index (χ2n) is 5.88. The Labute approximate surface area is 154 Å². The van der Waals surface area contributed by atoms with E-state index in [1.165, 1.54) is 10.4 Å². The van der Waals surface area contributed by atoms with Crippen LogP contribution in [0.1, 0.15) is 23.1 Å². The van der Waals surface area contributed by atoms with E-state index in [1.54, 1.807) is 22.7 Å². The molecule has 4 rings (SSSR count). The Morgan fingerprint density at radius 2 is 1.80 bits per heavy atom. The number of carbonyl (C=O) groups excluding carboxylic acids is 1. The molecular weight excluding hydrogens is 348 g/mol. The van der Waals surface area contributed by atoms with Crippen LogP contribution >= 0.6 is 22.7 Å². The van der Waals surface area contributed by atoms with Gasteiger partial charge in [0.05, 0.1) is 26.9 Å². The summed E-state index contributed by atoms with van der Waals surface area (Å²) in [7, 11) is 0. The molecule has 0 spiro atoms. The van der Waals surface area contributed by atoms with E-state index in [2.05, 4.69) is 29.4 Å². The smallest absolute Gasteiger partial charge is 0.152 e. The zero-order valence-electron chi connectivity index (χ0n) is 13.9. The van der Waals surface area contributed by atoms with Gasteiger partial charge >= 0.3 is 0 Å². The minimum atomic E-state index is 0.660. The fourth-order valence-corrected chi connectivity index (χ4v) is 4.54. The molecule has 3 aromatic heterocycles. The van der Waals surface area contributed by atoms with Crippen LogP contribution in [0, 0.1) is 6.92 Å². The number of aryl methyl sites for hydroxylation is 1. The summed E-state index contributed by atoms with van der Waals surface area (Å²) in [6.45, 7) is 4.05. The van der Waals surface area contributed by atoms with Crippen LogP contribution < -0.4 is 0 Å². The summed E-state index contributed by atoms with van der Waals surface area (Å²) in [5.41, 5.74) is 6.47. The monoisotopic (exact) mass is 364 g/mol. The fraction of sp³-hybridized carbons (Fsp3) is 0.100. The molecule has 3 aromatic rings. The van der Waals surface area contributed by atoms with Crippen molar-refractivity contribution in [3.8, 4) is 10.6 Å². The Morgan fingerprint density at radius 3 is 2.44 bits per heavy atom. The number of aromatic nitrogens is 1. The van der Waals surface area contributed by atoms with Crippen molar-refractivity contribution in [2.45, 2.75) is 13.8 Å². The number of hydrogen-bond acceptors (Lipinski definition) is 4. The summed E-state index contributed by atoms with van der Waals surface area (Å²) in [6, 6.07) is 10.3. The lowest BCUT2D eigenvalue weighted by Gasteiger charge is -1.97. The van der Waals surface area contributed by atoms with Crippen molar-refractivity contribution in [2.24, 2.45) is 4.99 Å². The number of nitrogens with one attached hydrogen (secondary N) is 1. The maximum Gasteiger partial charge on any atom is 0.152 e. The van der Waals surface area contributed by atoms with E-state index in [4.69, 9.17) is 4.99 Å². The number of aldehydes is 1. The van der Waals surface area contributed by atoms with Crippen LogP contribution in [0.15, 0.2) is 62.9 Å². The molecule has 1 aliphatic rings. The van der Waals surface area contributed by atoms with Gasteiger partial charge in [0.25, 0.3) is 0 Å². The maximum absolute atomic E-state index is 11.6. The molecule has 3 nitrogen and oxygen atoms in total. The molecule has 1 N–H and O–H groups in total. The van der Waals surface area contributed by atoms with Gasteiger partial charge in [0, 0.05) is 11.3 Å². The molecule has 0 saturated carbocycles. The Morgan fingerprint density at radius 1 is 1.08 bits per heavy atom. The van der Waals surface area contributed by atoms with Crippen LogP contribution in [0.2, 0.25) is 0 Å². The minimum absolute atomic E-state index is 0.660. The van der Waals surface area contributed by atoms with Gasteiger partial charge in [0.15, 0.2) is 6.29 Å². The summed E-state index contributed by atoms with van der Waals surface area (Å²) >= 11 is 3.34. The molecule has 0 bridgehead atoms.